The Bertz CT molecular complexity index is 709. The molecule has 0 radical (unpaired) electrons. The highest BCUT2D eigenvalue weighted by Crippen LogP contribution is 2.24. The summed E-state index contributed by atoms with van der Waals surface area (Å²) < 4.78 is 5.24. The first kappa shape index (κ1) is 13.6. The fourth-order valence-corrected chi connectivity index (χ4v) is 3.65. The first-order chi connectivity index (χ1) is 10.7. The summed E-state index contributed by atoms with van der Waals surface area (Å²) in [6, 6.07) is 8.79. The molecule has 2 N–H and O–H groups in total. The van der Waals surface area contributed by atoms with Gasteiger partial charge in [-0.1, -0.05) is 0 Å². The van der Waals surface area contributed by atoms with E-state index in [0.29, 0.717) is 17.8 Å². The number of carbonyl (C=O) groups excluding carboxylic acids is 1. The summed E-state index contributed by atoms with van der Waals surface area (Å²) in [5.41, 5.74) is 1.64. The van der Waals surface area contributed by atoms with Gasteiger partial charge in [0.05, 0.1) is 7.11 Å². The number of nitrogens with zero attached hydrogens (tertiary/aromatic N) is 1. The van der Waals surface area contributed by atoms with Gasteiger partial charge in [0.2, 0.25) is 0 Å². The van der Waals surface area contributed by atoms with Crippen molar-refractivity contribution in [1.29, 1.82) is 0 Å². The van der Waals surface area contributed by atoms with E-state index in [9.17, 15) is 4.79 Å². The van der Waals surface area contributed by atoms with Crippen LogP contribution in [0.3, 0.4) is 0 Å². The number of H-pyrrole nitrogens is 1. The number of nitrogens with one attached hydrogen (secondary N) is 2. The van der Waals surface area contributed by atoms with Crippen LogP contribution < -0.4 is 10.1 Å². The normalized spacial score (nSPS) is 24.5. The Kier molecular flexibility index (Phi) is 3.30. The minimum Gasteiger partial charge on any atom is -0.497 e. The van der Waals surface area contributed by atoms with Gasteiger partial charge < -0.3 is 19.9 Å². The predicted molar refractivity (Wildman–Crippen MR) is 85.3 cm³/mol. The van der Waals surface area contributed by atoms with Gasteiger partial charge in [-0.05, 0) is 43.5 Å². The highest BCUT2D eigenvalue weighted by molar-refractivity contribution is 5.98. The Morgan fingerprint density at radius 1 is 1.23 bits per heavy atom. The van der Waals surface area contributed by atoms with E-state index in [1.807, 2.05) is 29.2 Å². The van der Waals surface area contributed by atoms with Gasteiger partial charge in [0.1, 0.15) is 11.4 Å². The van der Waals surface area contributed by atoms with Gasteiger partial charge in [-0.3, -0.25) is 4.79 Å². The summed E-state index contributed by atoms with van der Waals surface area (Å²) in [6.45, 7) is 1.65. The van der Waals surface area contributed by atoms with Crippen LogP contribution in [0.5, 0.6) is 5.75 Å². The van der Waals surface area contributed by atoms with Crippen LogP contribution in [-0.4, -0.2) is 48.1 Å². The number of rotatable bonds is 2. The van der Waals surface area contributed by atoms with Gasteiger partial charge in [-0.25, -0.2) is 0 Å². The van der Waals surface area contributed by atoms with Crippen molar-refractivity contribution in [3.05, 3.63) is 30.0 Å². The van der Waals surface area contributed by atoms with E-state index in [0.717, 1.165) is 36.2 Å². The van der Waals surface area contributed by atoms with Crippen molar-refractivity contribution >= 4 is 16.8 Å². The molecule has 2 aromatic rings. The fraction of sp³-hybridized carbons (Fsp3) is 0.471. The molecule has 3 heterocycles. The van der Waals surface area contributed by atoms with Crippen LogP contribution >= 0.6 is 0 Å². The number of likely N-dealkylation sites (tertiary alicyclic amines) is 1. The van der Waals surface area contributed by atoms with Crippen molar-refractivity contribution in [3.63, 3.8) is 0 Å². The van der Waals surface area contributed by atoms with E-state index in [1.165, 1.54) is 12.8 Å². The van der Waals surface area contributed by atoms with Crippen molar-refractivity contribution in [3.8, 4) is 5.75 Å². The molecular weight excluding hydrogens is 278 g/mol. The summed E-state index contributed by atoms with van der Waals surface area (Å²) in [6.07, 6.45) is 3.48. The van der Waals surface area contributed by atoms with Crippen LogP contribution in [0.15, 0.2) is 24.3 Å². The first-order valence-corrected chi connectivity index (χ1v) is 7.95. The number of carbonyl (C=O) groups is 1. The Morgan fingerprint density at radius 3 is 2.95 bits per heavy atom. The number of ether oxygens (including phenoxy) is 1. The Labute approximate surface area is 129 Å². The molecule has 0 spiro atoms. The molecule has 2 bridgehead atoms. The quantitative estimate of drug-likeness (QED) is 0.893. The molecule has 2 saturated heterocycles. The monoisotopic (exact) mass is 299 g/mol. The van der Waals surface area contributed by atoms with E-state index in [-0.39, 0.29) is 5.91 Å². The van der Waals surface area contributed by atoms with Gasteiger partial charge in [-0.2, -0.15) is 0 Å². The third-order valence-electron chi connectivity index (χ3n) is 4.87. The maximum Gasteiger partial charge on any atom is 0.270 e. The van der Waals surface area contributed by atoms with Crippen molar-refractivity contribution in [2.24, 2.45) is 0 Å². The second kappa shape index (κ2) is 5.32. The largest absolute Gasteiger partial charge is 0.497 e. The lowest BCUT2D eigenvalue weighted by atomic mass is 10.1. The summed E-state index contributed by atoms with van der Waals surface area (Å²) in [7, 11) is 1.65. The standard InChI is InChI=1S/C17H21N3O2/c1-22-14-4-5-15-11(8-14)9-16(19-15)17(21)20-7-6-12-2-3-13(10-20)18-12/h4-5,8-9,12-13,18-19H,2-3,6-7,10H2,1H3/t12-,13+/m1/s1. The smallest absolute Gasteiger partial charge is 0.270 e. The molecule has 5 nitrogen and oxygen atoms in total. The number of aromatic amines is 1. The van der Waals surface area contributed by atoms with Crippen LogP contribution in [0.1, 0.15) is 29.8 Å². The number of methoxy groups -OCH3 is 1. The fourth-order valence-electron chi connectivity index (χ4n) is 3.65. The summed E-state index contributed by atoms with van der Waals surface area (Å²) in [4.78, 5) is 18.0. The molecule has 2 aliphatic rings. The van der Waals surface area contributed by atoms with Crippen molar-refractivity contribution in [1.82, 2.24) is 15.2 Å². The van der Waals surface area contributed by atoms with Gasteiger partial charge in [-0.15, -0.1) is 0 Å². The molecule has 0 aliphatic carbocycles. The molecule has 2 atom stereocenters. The SMILES string of the molecule is COc1ccc2[nH]c(C(=O)N3CC[C@H]4CC[C@@H](C3)N4)cc2c1. The maximum absolute atomic E-state index is 12.8. The third-order valence-corrected chi connectivity index (χ3v) is 4.87. The number of amides is 1. The maximum atomic E-state index is 12.8. The number of benzene rings is 1. The minimum atomic E-state index is 0.101. The lowest BCUT2D eigenvalue weighted by Gasteiger charge is -2.23. The van der Waals surface area contributed by atoms with Crippen LogP contribution in [0.4, 0.5) is 0 Å². The molecule has 1 aromatic carbocycles. The molecule has 2 fully saturated rings. The first-order valence-electron chi connectivity index (χ1n) is 7.95. The lowest BCUT2D eigenvalue weighted by Crippen LogP contribution is -2.39. The molecule has 22 heavy (non-hydrogen) atoms. The zero-order valence-electron chi connectivity index (χ0n) is 12.8. The summed E-state index contributed by atoms with van der Waals surface area (Å²) in [5, 5.41) is 4.62. The highest BCUT2D eigenvalue weighted by atomic mass is 16.5. The predicted octanol–water partition coefficient (Wildman–Crippen LogP) is 2.14. The van der Waals surface area contributed by atoms with Crippen LogP contribution in [0.2, 0.25) is 0 Å². The summed E-state index contributed by atoms with van der Waals surface area (Å²) >= 11 is 0. The Morgan fingerprint density at radius 2 is 2.09 bits per heavy atom. The molecule has 4 rings (SSSR count). The van der Waals surface area contributed by atoms with Gasteiger partial charge in [0, 0.05) is 36.1 Å². The van der Waals surface area contributed by atoms with Crippen molar-refractivity contribution in [2.45, 2.75) is 31.3 Å². The number of fused-ring (bicyclic) bond motifs is 3. The molecule has 0 unspecified atom stereocenters. The number of aromatic nitrogens is 1. The highest BCUT2D eigenvalue weighted by Gasteiger charge is 2.31. The van der Waals surface area contributed by atoms with Gasteiger partial charge in [0.25, 0.3) is 5.91 Å². The average molecular weight is 299 g/mol. The molecular formula is C17H21N3O2. The van der Waals surface area contributed by atoms with E-state index in [4.69, 9.17) is 4.74 Å². The topological polar surface area (TPSA) is 57.4 Å². The molecule has 1 amide bonds. The van der Waals surface area contributed by atoms with E-state index in [1.54, 1.807) is 7.11 Å². The van der Waals surface area contributed by atoms with E-state index < -0.39 is 0 Å². The average Bonchev–Trinajstić information content (AvgIpc) is 3.08. The Hall–Kier alpha value is -2.01. The van der Waals surface area contributed by atoms with E-state index >= 15 is 0 Å². The lowest BCUT2D eigenvalue weighted by molar-refractivity contribution is 0.0743. The van der Waals surface area contributed by atoms with Crippen LogP contribution in [-0.2, 0) is 0 Å². The Balaban J connectivity index is 1.59. The molecule has 0 saturated carbocycles. The molecule has 1 aromatic heterocycles. The number of hydrogen-bond acceptors (Lipinski definition) is 3. The molecule has 5 heteroatoms. The van der Waals surface area contributed by atoms with Crippen molar-refractivity contribution in [2.75, 3.05) is 20.2 Å². The third kappa shape index (κ3) is 2.35. The van der Waals surface area contributed by atoms with Gasteiger partial charge in [0.15, 0.2) is 0 Å². The van der Waals surface area contributed by atoms with Crippen LogP contribution in [0.25, 0.3) is 10.9 Å². The molecule has 2 aliphatic heterocycles. The van der Waals surface area contributed by atoms with Crippen LogP contribution in [0, 0.1) is 0 Å². The zero-order chi connectivity index (χ0) is 15.1. The molecule has 116 valence electrons. The second-order valence-corrected chi connectivity index (χ2v) is 6.31. The van der Waals surface area contributed by atoms with E-state index in [2.05, 4.69) is 10.3 Å². The zero-order valence-corrected chi connectivity index (χ0v) is 12.8. The second-order valence-electron chi connectivity index (χ2n) is 6.31. The van der Waals surface area contributed by atoms with Crippen molar-refractivity contribution < 1.29 is 9.53 Å². The van der Waals surface area contributed by atoms with Gasteiger partial charge >= 0.3 is 0 Å². The minimum absolute atomic E-state index is 0.101. The number of hydrogen-bond donors (Lipinski definition) is 2. The summed E-state index contributed by atoms with van der Waals surface area (Å²) in [5.74, 6) is 0.909.